The van der Waals surface area contributed by atoms with Crippen molar-refractivity contribution in [2.24, 2.45) is 11.3 Å². The SMILES string of the molecule is CC1(C)C2NCCCC2C1NCc1cccc2c1CN(C1CCC(=O)NC1=O)C2=O. The lowest BCUT2D eigenvalue weighted by atomic mass is 9.53. The molecule has 3 amide bonds. The maximum atomic E-state index is 13.0. The largest absolute Gasteiger partial charge is 0.322 e. The zero-order chi connectivity index (χ0) is 21.0. The summed E-state index contributed by atoms with van der Waals surface area (Å²) in [5.41, 5.74) is 3.02. The fraction of sp³-hybridized carbons (Fsp3) is 0.609. The van der Waals surface area contributed by atoms with Gasteiger partial charge in [0, 0.05) is 37.2 Å². The molecule has 30 heavy (non-hydrogen) atoms. The molecule has 4 unspecified atom stereocenters. The summed E-state index contributed by atoms with van der Waals surface area (Å²) in [6.45, 7) is 6.92. The van der Waals surface area contributed by atoms with E-state index in [1.807, 2.05) is 12.1 Å². The molecule has 0 bridgehead atoms. The van der Waals surface area contributed by atoms with E-state index >= 15 is 0 Å². The monoisotopic (exact) mass is 410 g/mol. The van der Waals surface area contributed by atoms with E-state index in [9.17, 15) is 14.4 Å². The van der Waals surface area contributed by atoms with Crippen molar-refractivity contribution in [3.8, 4) is 0 Å². The number of carbonyl (C=O) groups is 3. The molecule has 4 aliphatic rings. The highest BCUT2D eigenvalue weighted by Gasteiger charge is 2.56. The molecule has 0 radical (unpaired) electrons. The standard InChI is InChI=1S/C23H30N4O3/c1-23(2)19-15(7-4-10-24-19)20(23)25-11-13-5-3-6-14-16(13)12-27(22(14)30)17-8-9-18(28)26-21(17)29/h3,5-6,15,17,19-20,24-25H,4,7-12H2,1-2H3,(H,26,28,29). The highest BCUT2D eigenvalue weighted by Crippen LogP contribution is 2.49. The van der Waals surface area contributed by atoms with Gasteiger partial charge in [0.05, 0.1) is 0 Å². The Balaban J connectivity index is 1.31. The van der Waals surface area contributed by atoms with Crippen LogP contribution in [0.1, 0.15) is 61.0 Å². The molecule has 3 fully saturated rings. The van der Waals surface area contributed by atoms with Crippen molar-refractivity contribution in [2.45, 2.75) is 70.7 Å². The van der Waals surface area contributed by atoms with Gasteiger partial charge in [-0.15, -0.1) is 0 Å². The molecule has 7 nitrogen and oxygen atoms in total. The number of hydrogen-bond donors (Lipinski definition) is 3. The molecule has 4 atom stereocenters. The predicted octanol–water partition coefficient (Wildman–Crippen LogP) is 1.31. The van der Waals surface area contributed by atoms with E-state index in [0.717, 1.165) is 24.2 Å². The third kappa shape index (κ3) is 2.98. The van der Waals surface area contributed by atoms with Gasteiger partial charge in [0.15, 0.2) is 0 Å². The molecule has 3 N–H and O–H groups in total. The number of amides is 3. The van der Waals surface area contributed by atoms with Gasteiger partial charge in [0.1, 0.15) is 6.04 Å². The van der Waals surface area contributed by atoms with Gasteiger partial charge in [0.25, 0.3) is 5.91 Å². The Labute approximate surface area is 177 Å². The summed E-state index contributed by atoms with van der Waals surface area (Å²) in [5.74, 6) is -0.0722. The van der Waals surface area contributed by atoms with Gasteiger partial charge < -0.3 is 15.5 Å². The molecule has 1 saturated carbocycles. The average molecular weight is 411 g/mol. The van der Waals surface area contributed by atoms with Crippen LogP contribution < -0.4 is 16.0 Å². The van der Waals surface area contributed by atoms with Crippen LogP contribution in [0.15, 0.2) is 18.2 Å². The molecule has 3 heterocycles. The van der Waals surface area contributed by atoms with Crippen LogP contribution in [0.3, 0.4) is 0 Å². The first-order valence-electron chi connectivity index (χ1n) is 11.1. The number of benzene rings is 1. The summed E-state index contributed by atoms with van der Waals surface area (Å²) in [6.07, 6.45) is 3.15. The van der Waals surface area contributed by atoms with Crippen molar-refractivity contribution < 1.29 is 14.4 Å². The van der Waals surface area contributed by atoms with Gasteiger partial charge in [-0.1, -0.05) is 26.0 Å². The van der Waals surface area contributed by atoms with Crippen LogP contribution in [0.5, 0.6) is 0 Å². The minimum absolute atomic E-state index is 0.109. The van der Waals surface area contributed by atoms with E-state index in [0.29, 0.717) is 36.5 Å². The lowest BCUT2D eigenvalue weighted by Crippen LogP contribution is -2.73. The lowest BCUT2D eigenvalue weighted by molar-refractivity contribution is -0.136. The highest BCUT2D eigenvalue weighted by atomic mass is 16.2. The summed E-state index contributed by atoms with van der Waals surface area (Å²) in [5, 5.41) is 9.83. The summed E-state index contributed by atoms with van der Waals surface area (Å²) < 4.78 is 0. The fourth-order valence-electron chi connectivity index (χ4n) is 6.16. The van der Waals surface area contributed by atoms with Crippen LogP contribution in [0.4, 0.5) is 0 Å². The van der Waals surface area contributed by atoms with Gasteiger partial charge in [-0.25, -0.2) is 0 Å². The third-order valence-electron chi connectivity index (χ3n) is 7.73. The van der Waals surface area contributed by atoms with Crippen molar-refractivity contribution in [2.75, 3.05) is 6.54 Å². The molecular weight excluding hydrogens is 380 g/mol. The molecule has 2 saturated heterocycles. The van der Waals surface area contributed by atoms with Crippen molar-refractivity contribution in [3.63, 3.8) is 0 Å². The van der Waals surface area contributed by atoms with Gasteiger partial charge >= 0.3 is 0 Å². The quantitative estimate of drug-likeness (QED) is 0.652. The van der Waals surface area contributed by atoms with Crippen LogP contribution in [-0.2, 0) is 22.7 Å². The number of hydrogen-bond acceptors (Lipinski definition) is 5. The molecule has 0 aromatic heterocycles. The van der Waals surface area contributed by atoms with Gasteiger partial charge in [-0.3, -0.25) is 19.7 Å². The molecule has 1 aromatic rings. The van der Waals surface area contributed by atoms with E-state index in [2.05, 4.69) is 35.9 Å². The Morgan fingerprint density at radius 2 is 2.03 bits per heavy atom. The molecule has 160 valence electrons. The molecule has 7 heteroatoms. The Kier molecular flexibility index (Phi) is 4.71. The van der Waals surface area contributed by atoms with Crippen LogP contribution in [0.2, 0.25) is 0 Å². The molecular formula is C23H30N4O3. The zero-order valence-corrected chi connectivity index (χ0v) is 17.7. The minimum Gasteiger partial charge on any atom is -0.322 e. The second kappa shape index (κ2) is 7.17. The number of imide groups is 1. The Hall–Kier alpha value is -2.25. The van der Waals surface area contributed by atoms with Crippen LogP contribution in [0.25, 0.3) is 0 Å². The summed E-state index contributed by atoms with van der Waals surface area (Å²) in [7, 11) is 0. The minimum atomic E-state index is -0.567. The zero-order valence-electron chi connectivity index (χ0n) is 17.7. The van der Waals surface area contributed by atoms with Crippen molar-refractivity contribution in [1.29, 1.82) is 0 Å². The summed E-state index contributed by atoms with van der Waals surface area (Å²) >= 11 is 0. The van der Waals surface area contributed by atoms with Crippen LogP contribution >= 0.6 is 0 Å². The average Bonchev–Trinajstić information content (AvgIpc) is 3.05. The lowest BCUT2D eigenvalue weighted by Gasteiger charge is -2.61. The van der Waals surface area contributed by atoms with E-state index < -0.39 is 6.04 Å². The maximum Gasteiger partial charge on any atom is 0.255 e. The molecule has 5 rings (SSSR count). The number of fused-ring (bicyclic) bond motifs is 2. The normalized spacial score (nSPS) is 32.3. The predicted molar refractivity (Wildman–Crippen MR) is 111 cm³/mol. The summed E-state index contributed by atoms with van der Waals surface area (Å²) in [6, 6.07) is 6.32. The van der Waals surface area contributed by atoms with Gasteiger partial charge in [-0.2, -0.15) is 0 Å². The van der Waals surface area contributed by atoms with Crippen molar-refractivity contribution in [1.82, 2.24) is 20.9 Å². The molecule has 1 aliphatic carbocycles. The second-order valence-corrected chi connectivity index (χ2v) is 9.76. The Morgan fingerprint density at radius 3 is 2.83 bits per heavy atom. The first kappa shape index (κ1) is 19.7. The first-order valence-corrected chi connectivity index (χ1v) is 11.1. The Bertz CT molecular complexity index is 912. The number of nitrogens with zero attached hydrogens (tertiary/aromatic N) is 1. The van der Waals surface area contributed by atoms with Gasteiger partial charge in [0.2, 0.25) is 11.8 Å². The van der Waals surface area contributed by atoms with Crippen molar-refractivity contribution >= 4 is 17.7 Å². The van der Waals surface area contributed by atoms with E-state index in [-0.39, 0.29) is 29.6 Å². The van der Waals surface area contributed by atoms with E-state index in [4.69, 9.17) is 0 Å². The molecule has 1 aromatic carbocycles. The molecule has 0 spiro atoms. The van der Waals surface area contributed by atoms with E-state index in [1.54, 1.807) is 4.90 Å². The number of carbonyl (C=O) groups excluding carboxylic acids is 3. The number of piperidine rings is 2. The highest BCUT2D eigenvalue weighted by molar-refractivity contribution is 6.05. The van der Waals surface area contributed by atoms with E-state index in [1.165, 1.54) is 12.8 Å². The summed E-state index contributed by atoms with van der Waals surface area (Å²) in [4.78, 5) is 38.4. The third-order valence-corrected chi connectivity index (χ3v) is 7.73. The fourth-order valence-corrected chi connectivity index (χ4v) is 6.16. The topological polar surface area (TPSA) is 90.5 Å². The number of nitrogens with one attached hydrogen (secondary N) is 3. The van der Waals surface area contributed by atoms with Crippen LogP contribution in [0, 0.1) is 11.3 Å². The Morgan fingerprint density at radius 1 is 1.20 bits per heavy atom. The first-order chi connectivity index (χ1) is 14.4. The molecule has 3 aliphatic heterocycles. The second-order valence-electron chi connectivity index (χ2n) is 9.76. The number of rotatable bonds is 4. The van der Waals surface area contributed by atoms with Crippen LogP contribution in [-0.4, -0.2) is 47.3 Å². The van der Waals surface area contributed by atoms with Crippen molar-refractivity contribution in [3.05, 3.63) is 34.9 Å². The van der Waals surface area contributed by atoms with Gasteiger partial charge in [-0.05, 0) is 54.3 Å². The maximum absolute atomic E-state index is 13.0. The smallest absolute Gasteiger partial charge is 0.255 e.